The predicted octanol–water partition coefficient (Wildman–Crippen LogP) is 2.75. The summed E-state index contributed by atoms with van der Waals surface area (Å²) in [5.41, 5.74) is -0.539. The van der Waals surface area contributed by atoms with Gasteiger partial charge in [0.2, 0.25) is 5.91 Å². The van der Waals surface area contributed by atoms with Crippen molar-refractivity contribution in [3.05, 3.63) is 76.3 Å². The summed E-state index contributed by atoms with van der Waals surface area (Å²) in [4.78, 5) is 43.7. The molecule has 7 heteroatoms. The fourth-order valence-electron chi connectivity index (χ4n) is 3.39. The topological polar surface area (TPSA) is 112 Å². The number of hydrogen-bond donors (Lipinski definition) is 3. The predicted molar refractivity (Wildman–Crippen MR) is 109 cm³/mol. The van der Waals surface area contributed by atoms with E-state index < -0.39 is 11.5 Å². The Labute approximate surface area is 167 Å². The van der Waals surface area contributed by atoms with Crippen molar-refractivity contribution in [3.8, 4) is 0 Å². The quantitative estimate of drug-likeness (QED) is 0.545. The maximum atomic E-state index is 12.5. The number of carboxylic acid groups (broad SMARTS) is 1. The summed E-state index contributed by atoms with van der Waals surface area (Å²) in [5, 5.41) is 13.0. The Kier molecular flexibility index (Phi) is 6.07. The zero-order valence-corrected chi connectivity index (χ0v) is 16.1. The van der Waals surface area contributed by atoms with Gasteiger partial charge in [0.05, 0.1) is 10.9 Å². The van der Waals surface area contributed by atoms with Crippen molar-refractivity contribution < 1.29 is 14.7 Å². The molecule has 3 aromatic rings. The first-order valence-corrected chi connectivity index (χ1v) is 9.54. The van der Waals surface area contributed by atoms with Gasteiger partial charge in [-0.05, 0) is 30.5 Å². The number of aromatic nitrogens is 2. The van der Waals surface area contributed by atoms with Crippen LogP contribution in [0.15, 0.2) is 59.4 Å². The van der Waals surface area contributed by atoms with E-state index in [2.05, 4.69) is 15.3 Å². The molecule has 0 aliphatic carbocycles. The van der Waals surface area contributed by atoms with Gasteiger partial charge in [0, 0.05) is 12.8 Å². The standard InChI is InChI=1S/C22H23N3O4/c1-2-22(21(28)29,15-9-4-3-5-10-15)25-19(26)14-8-13-18-23-17-12-7-6-11-16(17)20(27)24-18/h3-7,9-12H,2,8,13-14H2,1H3,(H,25,26)(H,28,29)(H,23,24,27). The number of benzene rings is 2. The number of rotatable bonds is 8. The van der Waals surface area contributed by atoms with Crippen LogP contribution in [-0.2, 0) is 21.5 Å². The molecule has 0 saturated carbocycles. The number of para-hydroxylation sites is 1. The van der Waals surface area contributed by atoms with Crippen molar-refractivity contribution in [2.45, 2.75) is 38.1 Å². The molecule has 3 N–H and O–H groups in total. The van der Waals surface area contributed by atoms with E-state index >= 15 is 0 Å². The summed E-state index contributed by atoms with van der Waals surface area (Å²) in [6.45, 7) is 1.73. The minimum atomic E-state index is -1.46. The third-order valence-electron chi connectivity index (χ3n) is 4.99. The van der Waals surface area contributed by atoms with Gasteiger partial charge in [0.1, 0.15) is 5.82 Å². The van der Waals surface area contributed by atoms with Crippen molar-refractivity contribution in [1.29, 1.82) is 0 Å². The largest absolute Gasteiger partial charge is 0.479 e. The van der Waals surface area contributed by atoms with Crippen molar-refractivity contribution in [1.82, 2.24) is 15.3 Å². The van der Waals surface area contributed by atoms with E-state index in [0.717, 1.165) is 0 Å². The zero-order chi connectivity index (χ0) is 20.9. The van der Waals surface area contributed by atoms with E-state index in [1.165, 1.54) is 0 Å². The van der Waals surface area contributed by atoms with Crippen LogP contribution < -0.4 is 10.9 Å². The molecule has 29 heavy (non-hydrogen) atoms. The number of hydrogen-bond acceptors (Lipinski definition) is 4. The van der Waals surface area contributed by atoms with Crippen LogP contribution in [0, 0.1) is 0 Å². The number of carboxylic acids is 1. The van der Waals surface area contributed by atoms with Gasteiger partial charge in [-0.1, -0.05) is 49.4 Å². The Morgan fingerprint density at radius 3 is 2.48 bits per heavy atom. The molecule has 0 bridgehead atoms. The maximum absolute atomic E-state index is 12.5. The Morgan fingerprint density at radius 2 is 1.79 bits per heavy atom. The normalized spacial score (nSPS) is 13.0. The van der Waals surface area contributed by atoms with Gasteiger partial charge in [-0.2, -0.15) is 0 Å². The number of aromatic amines is 1. The molecule has 7 nitrogen and oxygen atoms in total. The first-order valence-electron chi connectivity index (χ1n) is 9.54. The molecule has 1 atom stereocenters. The zero-order valence-electron chi connectivity index (χ0n) is 16.1. The van der Waals surface area contributed by atoms with Crippen LogP contribution in [-0.4, -0.2) is 27.0 Å². The fourth-order valence-corrected chi connectivity index (χ4v) is 3.39. The summed E-state index contributed by atoms with van der Waals surface area (Å²) >= 11 is 0. The minimum Gasteiger partial charge on any atom is -0.479 e. The van der Waals surface area contributed by atoms with Crippen LogP contribution in [0.4, 0.5) is 0 Å². The average molecular weight is 393 g/mol. The molecule has 0 radical (unpaired) electrons. The molecule has 2 aromatic carbocycles. The second kappa shape index (κ2) is 8.68. The minimum absolute atomic E-state index is 0.123. The third kappa shape index (κ3) is 4.34. The lowest BCUT2D eigenvalue weighted by Crippen LogP contribution is -2.51. The van der Waals surface area contributed by atoms with Crippen LogP contribution >= 0.6 is 0 Å². The van der Waals surface area contributed by atoms with E-state index in [1.807, 2.05) is 6.07 Å². The molecule has 0 fully saturated rings. The Bertz CT molecular complexity index is 1080. The van der Waals surface area contributed by atoms with Gasteiger partial charge < -0.3 is 15.4 Å². The van der Waals surface area contributed by atoms with Gasteiger partial charge in [0.15, 0.2) is 5.54 Å². The summed E-state index contributed by atoms with van der Waals surface area (Å²) < 4.78 is 0. The summed E-state index contributed by atoms with van der Waals surface area (Å²) in [7, 11) is 0. The lowest BCUT2D eigenvalue weighted by molar-refractivity contribution is -0.148. The lowest BCUT2D eigenvalue weighted by Gasteiger charge is -2.30. The van der Waals surface area contributed by atoms with Gasteiger partial charge in [0.25, 0.3) is 5.56 Å². The van der Waals surface area contributed by atoms with E-state index in [1.54, 1.807) is 55.5 Å². The van der Waals surface area contributed by atoms with Gasteiger partial charge >= 0.3 is 5.97 Å². The SMILES string of the molecule is CCC(NC(=O)CCCc1nc2ccccc2c(=O)[nH]1)(C(=O)O)c1ccccc1. The van der Waals surface area contributed by atoms with E-state index in [-0.39, 0.29) is 24.3 Å². The summed E-state index contributed by atoms with van der Waals surface area (Å²) in [5.74, 6) is -0.953. The molecule has 1 amide bonds. The van der Waals surface area contributed by atoms with Crippen LogP contribution in [0.5, 0.6) is 0 Å². The number of nitrogens with zero attached hydrogens (tertiary/aromatic N) is 1. The average Bonchev–Trinajstić information content (AvgIpc) is 2.72. The highest BCUT2D eigenvalue weighted by molar-refractivity contribution is 5.88. The third-order valence-corrected chi connectivity index (χ3v) is 4.99. The second-order valence-electron chi connectivity index (χ2n) is 6.86. The van der Waals surface area contributed by atoms with Crippen molar-refractivity contribution in [3.63, 3.8) is 0 Å². The molecular formula is C22H23N3O4. The summed E-state index contributed by atoms with van der Waals surface area (Å²) in [6.07, 6.45) is 1.18. The molecule has 0 saturated heterocycles. The van der Waals surface area contributed by atoms with Crippen LogP contribution in [0.3, 0.4) is 0 Å². The van der Waals surface area contributed by atoms with Gasteiger partial charge in [-0.25, -0.2) is 9.78 Å². The lowest BCUT2D eigenvalue weighted by atomic mass is 9.87. The number of fused-ring (bicyclic) bond motifs is 1. The van der Waals surface area contributed by atoms with Crippen LogP contribution in [0.1, 0.15) is 37.6 Å². The van der Waals surface area contributed by atoms with Gasteiger partial charge in [-0.15, -0.1) is 0 Å². The number of aliphatic carboxylic acids is 1. The Hall–Kier alpha value is -3.48. The monoisotopic (exact) mass is 393 g/mol. The first kappa shape index (κ1) is 20.3. The number of H-pyrrole nitrogens is 1. The number of nitrogens with one attached hydrogen (secondary N) is 2. The van der Waals surface area contributed by atoms with Crippen molar-refractivity contribution in [2.75, 3.05) is 0 Å². The highest BCUT2D eigenvalue weighted by Crippen LogP contribution is 2.25. The molecule has 0 aliphatic heterocycles. The smallest absolute Gasteiger partial charge is 0.334 e. The Balaban J connectivity index is 1.67. The second-order valence-corrected chi connectivity index (χ2v) is 6.86. The van der Waals surface area contributed by atoms with Gasteiger partial charge in [-0.3, -0.25) is 9.59 Å². The van der Waals surface area contributed by atoms with Crippen LogP contribution in [0.2, 0.25) is 0 Å². The highest BCUT2D eigenvalue weighted by Gasteiger charge is 2.39. The molecule has 150 valence electrons. The number of carbonyl (C=O) groups excluding carboxylic acids is 1. The van der Waals surface area contributed by atoms with Crippen molar-refractivity contribution in [2.24, 2.45) is 0 Å². The fraction of sp³-hybridized carbons (Fsp3) is 0.273. The molecular weight excluding hydrogens is 370 g/mol. The number of amides is 1. The molecule has 1 unspecified atom stereocenters. The van der Waals surface area contributed by atoms with E-state index in [0.29, 0.717) is 35.1 Å². The Morgan fingerprint density at radius 1 is 1.10 bits per heavy atom. The molecule has 1 aromatic heterocycles. The molecule has 1 heterocycles. The van der Waals surface area contributed by atoms with Crippen molar-refractivity contribution >= 4 is 22.8 Å². The first-order chi connectivity index (χ1) is 14.0. The molecule has 3 rings (SSSR count). The summed E-state index contributed by atoms with van der Waals surface area (Å²) in [6, 6.07) is 15.7. The van der Waals surface area contributed by atoms with Crippen LogP contribution in [0.25, 0.3) is 10.9 Å². The van der Waals surface area contributed by atoms with E-state index in [4.69, 9.17) is 0 Å². The number of aryl methyl sites for hydroxylation is 1. The molecule has 0 aliphatic rings. The number of carbonyl (C=O) groups is 2. The van der Waals surface area contributed by atoms with E-state index in [9.17, 15) is 19.5 Å². The maximum Gasteiger partial charge on any atom is 0.334 e. The molecule has 0 spiro atoms. The highest BCUT2D eigenvalue weighted by atomic mass is 16.4.